The Morgan fingerprint density at radius 1 is 1.33 bits per heavy atom. The molecule has 15 heavy (non-hydrogen) atoms. The number of nitrogens with two attached hydrogens (primary N) is 1. The van der Waals surface area contributed by atoms with Gasteiger partial charge in [0, 0.05) is 10.0 Å². The Labute approximate surface area is 118 Å². The van der Waals surface area contributed by atoms with E-state index in [1.165, 1.54) is 0 Å². The highest BCUT2D eigenvalue weighted by molar-refractivity contribution is 9.11. The number of hydrogen-bond donors (Lipinski definition) is 2. The minimum Gasteiger partial charge on any atom is -0.506 e. The van der Waals surface area contributed by atoms with Gasteiger partial charge in [-0.15, -0.1) is 12.4 Å². The van der Waals surface area contributed by atoms with E-state index in [-0.39, 0.29) is 18.2 Å². The molecule has 0 aliphatic heterocycles. The fraction of sp³-hybridized carbons (Fsp3) is 0.250. The predicted octanol–water partition coefficient (Wildman–Crippen LogP) is 4.07. The van der Waals surface area contributed by atoms with Crippen LogP contribution in [0.3, 0.4) is 0 Å². The van der Waals surface area contributed by atoms with Crippen LogP contribution in [0.4, 0.5) is 4.39 Å². The van der Waals surface area contributed by atoms with Crippen LogP contribution in [0.1, 0.15) is 11.6 Å². The molecule has 0 saturated carbocycles. The molecular weight excluding hydrogens is 420 g/mol. The number of phenolic OH excluding ortho intramolecular Hbond substituents is 1. The lowest BCUT2D eigenvalue weighted by Gasteiger charge is -2.14. The summed E-state index contributed by atoms with van der Waals surface area (Å²) in [6.45, 7) is -0.682. The first kappa shape index (κ1) is 15.6. The van der Waals surface area contributed by atoms with Gasteiger partial charge in [0.05, 0.1) is 15.0 Å². The van der Waals surface area contributed by atoms with Gasteiger partial charge in [0.2, 0.25) is 0 Å². The molecule has 1 aromatic rings. The molecule has 0 aliphatic carbocycles. The van der Waals surface area contributed by atoms with Crippen molar-refractivity contribution in [2.45, 2.75) is 6.04 Å². The Kier molecular flexibility index (Phi) is 6.67. The van der Waals surface area contributed by atoms with Crippen LogP contribution >= 0.6 is 60.2 Å². The van der Waals surface area contributed by atoms with Crippen LogP contribution in [0.5, 0.6) is 5.75 Å². The number of hydrogen-bond acceptors (Lipinski definition) is 2. The molecule has 0 radical (unpaired) electrons. The van der Waals surface area contributed by atoms with E-state index in [1.54, 1.807) is 6.07 Å². The fourth-order valence-corrected chi connectivity index (χ4v) is 3.72. The van der Waals surface area contributed by atoms with E-state index >= 15 is 0 Å². The van der Waals surface area contributed by atoms with Crippen LogP contribution in [0.25, 0.3) is 0 Å². The van der Waals surface area contributed by atoms with Gasteiger partial charge in [-0.25, -0.2) is 4.39 Å². The van der Waals surface area contributed by atoms with E-state index in [2.05, 4.69) is 47.8 Å². The Hall–Kier alpha value is 0.640. The predicted molar refractivity (Wildman–Crippen MR) is 71.4 cm³/mol. The Bertz CT molecular complexity index is 364. The Morgan fingerprint density at radius 3 is 2.33 bits per heavy atom. The quantitative estimate of drug-likeness (QED) is 0.746. The lowest BCUT2D eigenvalue weighted by atomic mass is 10.1. The van der Waals surface area contributed by atoms with Crippen molar-refractivity contribution < 1.29 is 9.50 Å². The summed E-state index contributed by atoms with van der Waals surface area (Å²) >= 11 is 9.58. The highest BCUT2D eigenvalue weighted by Gasteiger charge is 2.18. The molecule has 7 heteroatoms. The average molecular weight is 428 g/mol. The molecule has 1 atom stereocenters. The zero-order valence-corrected chi connectivity index (χ0v) is 12.9. The Morgan fingerprint density at radius 2 is 1.87 bits per heavy atom. The fourth-order valence-electron chi connectivity index (χ4n) is 1.01. The molecular formula is C8H8Br3ClFNO. The standard InChI is InChI=1S/C8H7Br3FNO.ClH/c9-3-1-4(10)8(14)7(11)6(3)5(13)2-12;/h1,5,14H,2,13H2;1H/t5-;/m0./s1. The molecule has 0 amide bonds. The first-order chi connectivity index (χ1) is 6.49. The number of aromatic hydroxyl groups is 1. The van der Waals surface area contributed by atoms with Gasteiger partial charge < -0.3 is 10.8 Å². The van der Waals surface area contributed by atoms with Crippen molar-refractivity contribution in [3.8, 4) is 5.75 Å². The second-order valence-electron chi connectivity index (χ2n) is 2.68. The lowest BCUT2D eigenvalue weighted by molar-refractivity contribution is 0.430. The van der Waals surface area contributed by atoms with Gasteiger partial charge in [-0.1, -0.05) is 15.9 Å². The molecule has 0 spiro atoms. The van der Waals surface area contributed by atoms with Crippen LogP contribution in [0, 0.1) is 0 Å². The molecule has 0 bridgehead atoms. The van der Waals surface area contributed by atoms with Gasteiger partial charge in [0.15, 0.2) is 0 Å². The van der Waals surface area contributed by atoms with Crippen molar-refractivity contribution in [1.29, 1.82) is 0 Å². The third-order valence-corrected chi connectivity index (χ3v) is 3.78. The number of rotatable bonds is 2. The minimum atomic E-state index is -0.752. The van der Waals surface area contributed by atoms with Crippen molar-refractivity contribution in [2.75, 3.05) is 6.67 Å². The van der Waals surface area contributed by atoms with E-state index in [0.717, 1.165) is 0 Å². The number of halogens is 5. The molecule has 0 fully saturated rings. The molecule has 86 valence electrons. The highest BCUT2D eigenvalue weighted by Crippen LogP contribution is 2.41. The van der Waals surface area contributed by atoms with Crippen molar-refractivity contribution in [3.63, 3.8) is 0 Å². The molecule has 2 nitrogen and oxygen atoms in total. The van der Waals surface area contributed by atoms with Gasteiger partial charge in [-0.05, 0) is 37.9 Å². The van der Waals surface area contributed by atoms with Crippen LogP contribution < -0.4 is 5.73 Å². The zero-order chi connectivity index (χ0) is 10.9. The maximum atomic E-state index is 12.4. The monoisotopic (exact) mass is 425 g/mol. The summed E-state index contributed by atoms with van der Waals surface area (Å²) in [5, 5.41) is 9.56. The van der Waals surface area contributed by atoms with Gasteiger partial charge in [0.1, 0.15) is 12.4 Å². The molecule has 0 aromatic heterocycles. The summed E-state index contributed by atoms with van der Waals surface area (Å²) in [4.78, 5) is 0. The maximum absolute atomic E-state index is 12.4. The van der Waals surface area contributed by atoms with Crippen molar-refractivity contribution in [3.05, 3.63) is 25.0 Å². The van der Waals surface area contributed by atoms with Crippen LogP contribution in [-0.4, -0.2) is 11.8 Å². The van der Waals surface area contributed by atoms with E-state index in [1.807, 2.05) is 0 Å². The lowest BCUT2D eigenvalue weighted by Crippen LogP contribution is -2.13. The second-order valence-corrected chi connectivity index (χ2v) is 5.18. The molecule has 0 heterocycles. The Balaban J connectivity index is 0.00000196. The zero-order valence-electron chi connectivity index (χ0n) is 7.31. The van der Waals surface area contributed by atoms with Crippen molar-refractivity contribution in [1.82, 2.24) is 0 Å². The molecule has 0 unspecified atom stereocenters. The highest BCUT2D eigenvalue weighted by atomic mass is 79.9. The van der Waals surface area contributed by atoms with Crippen molar-refractivity contribution >= 4 is 60.2 Å². The topological polar surface area (TPSA) is 46.2 Å². The van der Waals surface area contributed by atoms with Crippen molar-refractivity contribution in [2.24, 2.45) is 5.73 Å². The summed E-state index contributed by atoms with van der Waals surface area (Å²) in [6.07, 6.45) is 0. The van der Waals surface area contributed by atoms with E-state index in [0.29, 0.717) is 19.0 Å². The van der Waals surface area contributed by atoms with Gasteiger partial charge in [-0.3, -0.25) is 0 Å². The third kappa shape index (κ3) is 3.30. The average Bonchev–Trinajstić information content (AvgIpc) is 2.14. The smallest absolute Gasteiger partial charge is 0.144 e. The van der Waals surface area contributed by atoms with Crippen LogP contribution in [0.2, 0.25) is 0 Å². The molecule has 1 rings (SSSR count). The normalized spacial score (nSPS) is 12.1. The summed E-state index contributed by atoms with van der Waals surface area (Å²) in [5.41, 5.74) is 6.07. The first-order valence-corrected chi connectivity index (χ1v) is 6.04. The second kappa shape index (κ2) is 6.39. The molecule has 3 N–H and O–H groups in total. The van der Waals surface area contributed by atoms with E-state index in [4.69, 9.17) is 5.73 Å². The third-order valence-electron chi connectivity index (χ3n) is 1.72. The summed E-state index contributed by atoms with van der Waals surface area (Å²) < 4.78 is 14.0. The molecule has 0 aliphatic rings. The summed E-state index contributed by atoms with van der Waals surface area (Å²) in [7, 11) is 0. The first-order valence-electron chi connectivity index (χ1n) is 3.67. The molecule has 1 aromatic carbocycles. The largest absolute Gasteiger partial charge is 0.506 e. The van der Waals surface area contributed by atoms with Crippen LogP contribution in [-0.2, 0) is 0 Å². The van der Waals surface area contributed by atoms with E-state index < -0.39 is 12.7 Å². The maximum Gasteiger partial charge on any atom is 0.144 e. The van der Waals surface area contributed by atoms with Crippen LogP contribution in [0.15, 0.2) is 19.5 Å². The summed E-state index contributed by atoms with van der Waals surface area (Å²) in [6, 6.07) is 0.878. The van der Waals surface area contributed by atoms with Gasteiger partial charge in [0.25, 0.3) is 0 Å². The van der Waals surface area contributed by atoms with Gasteiger partial charge >= 0.3 is 0 Å². The molecule has 0 saturated heterocycles. The number of alkyl halides is 1. The summed E-state index contributed by atoms with van der Waals surface area (Å²) in [5.74, 6) is 0.0205. The van der Waals surface area contributed by atoms with Gasteiger partial charge in [-0.2, -0.15) is 0 Å². The number of benzene rings is 1. The SMILES string of the molecule is Cl.N[C@@H](CF)c1c(Br)cc(Br)c(O)c1Br. The minimum absolute atomic E-state index is 0. The van der Waals surface area contributed by atoms with E-state index in [9.17, 15) is 9.50 Å². The number of phenols is 1.